The van der Waals surface area contributed by atoms with Crippen molar-refractivity contribution >= 4 is 0 Å². The average Bonchev–Trinajstić information content (AvgIpc) is 2.27. The van der Waals surface area contributed by atoms with E-state index in [4.69, 9.17) is 9.47 Å². The molecule has 19 heavy (non-hydrogen) atoms. The predicted molar refractivity (Wildman–Crippen MR) is 83.6 cm³/mol. The van der Waals surface area contributed by atoms with E-state index >= 15 is 0 Å². The summed E-state index contributed by atoms with van der Waals surface area (Å²) < 4.78 is 12.1. The van der Waals surface area contributed by atoms with Crippen molar-refractivity contribution < 1.29 is 9.47 Å². The van der Waals surface area contributed by atoms with Crippen LogP contribution in [0.25, 0.3) is 0 Å². The highest BCUT2D eigenvalue weighted by molar-refractivity contribution is 4.73. The van der Waals surface area contributed by atoms with E-state index in [9.17, 15) is 0 Å². The monoisotopic (exact) mass is 272 g/mol. The van der Waals surface area contributed by atoms with Crippen LogP contribution in [0.15, 0.2) is 0 Å². The van der Waals surface area contributed by atoms with Gasteiger partial charge in [-0.3, -0.25) is 0 Å². The van der Waals surface area contributed by atoms with Gasteiger partial charge in [-0.1, -0.05) is 27.2 Å². The van der Waals surface area contributed by atoms with Gasteiger partial charge in [0.25, 0.3) is 0 Å². The van der Waals surface area contributed by atoms with Crippen LogP contribution in [0.2, 0.25) is 0 Å². The summed E-state index contributed by atoms with van der Waals surface area (Å²) >= 11 is 0. The molecule has 0 rings (SSSR count). The fourth-order valence-electron chi connectivity index (χ4n) is 2.06. The third kappa shape index (κ3) is 9.45. The third-order valence-corrected chi connectivity index (χ3v) is 4.00. The fraction of sp³-hybridized carbons (Fsp3) is 1.00. The molecule has 0 N–H and O–H groups in total. The Morgan fingerprint density at radius 3 is 2.00 bits per heavy atom. The third-order valence-electron chi connectivity index (χ3n) is 4.00. The van der Waals surface area contributed by atoms with Crippen molar-refractivity contribution in [1.82, 2.24) is 0 Å². The van der Waals surface area contributed by atoms with Gasteiger partial charge in [0.2, 0.25) is 0 Å². The molecule has 0 aromatic carbocycles. The van der Waals surface area contributed by atoms with Crippen molar-refractivity contribution in [2.45, 2.75) is 98.4 Å². The van der Waals surface area contributed by atoms with Gasteiger partial charge >= 0.3 is 0 Å². The molecule has 2 unspecified atom stereocenters. The molecule has 0 saturated carbocycles. The second-order valence-corrected chi connectivity index (χ2v) is 7.15. The Labute approximate surface area is 121 Å². The zero-order valence-electron chi connectivity index (χ0n) is 14.5. The molecule has 0 spiro atoms. The molecule has 0 fully saturated rings. The Balaban J connectivity index is 4.04. The lowest BCUT2D eigenvalue weighted by Gasteiger charge is -2.32. The largest absolute Gasteiger partial charge is 0.375 e. The summed E-state index contributed by atoms with van der Waals surface area (Å²) in [5.74, 6) is 0.737. The number of hydrogen-bond acceptors (Lipinski definition) is 2. The number of ether oxygens (including phenoxy) is 2. The maximum Gasteiger partial charge on any atom is 0.0652 e. The van der Waals surface area contributed by atoms with Crippen LogP contribution >= 0.6 is 0 Å². The zero-order chi connectivity index (χ0) is 15.1. The average molecular weight is 272 g/mol. The molecule has 0 radical (unpaired) electrons. The second-order valence-electron chi connectivity index (χ2n) is 7.15. The first-order chi connectivity index (χ1) is 8.62. The lowest BCUT2D eigenvalue weighted by Crippen LogP contribution is -2.33. The maximum atomic E-state index is 6.18. The SMILES string of the molecule is CCC(C)CC(C)OC(C)(C)CCOC(C)(C)CC. The van der Waals surface area contributed by atoms with Gasteiger partial charge in [-0.25, -0.2) is 0 Å². The highest BCUT2D eigenvalue weighted by Gasteiger charge is 2.24. The van der Waals surface area contributed by atoms with E-state index < -0.39 is 0 Å². The van der Waals surface area contributed by atoms with Crippen LogP contribution in [0.1, 0.15) is 81.1 Å². The first-order valence-corrected chi connectivity index (χ1v) is 7.93. The Morgan fingerprint density at radius 1 is 0.947 bits per heavy atom. The van der Waals surface area contributed by atoms with Crippen molar-refractivity contribution in [2.75, 3.05) is 6.61 Å². The highest BCUT2D eigenvalue weighted by Crippen LogP contribution is 2.23. The summed E-state index contributed by atoms with van der Waals surface area (Å²) in [5.41, 5.74) is -0.116. The number of hydrogen-bond donors (Lipinski definition) is 0. The van der Waals surface area contributed by atoms with Crippen molar-refractivity contribution in [3.63, 3.8) is 0 Å². The van der Waals surface area contributed by atoms with Gasteiger partial charge in [0.15, 0.2) is 0 Å². The Kier molecular flexibility index (Phi) is 8.23. The molecular formula is C17H36O2. The van der Waals surface area contributed by atoms with E-state index in [0.29, 0.717) is 6.10 Å². The van der Waals surface area contributed by atoms with Gasteiger partial charge in [-0.05, 0) is 59.8 Å². The molecular weight excluding hydrogens is 236 g/mol. The van der Waals surface area contributed by atoms with Crippen molar-refractivity contribution in [3.05, 3.63) is 0 Å². The summed E-state index contributed by atoms with van der Waals surface area (Å²) in [6.07, 6.45) is 4.67. The summed E-state index contributed by atoms with van der Waals surface area (Å²) in [6, 6.07) is 0. The van der Waals surface area contributed by atoms with Crippen molar-refractivity contribution in [2.24, 2.45) is 5.92 Å². The molecule has 0 aliphatic heterocycles. The molecule has 0 aromatic rings. The predicted octanol–water partition coefficient (Wildman–Crippen LogP) is 5.20. The molecule has 0 amide bonds. The lowest BCUT2D eigenvalue weighted by molar-refractivity contribution is -0.101. The first-order valence-electron chi connectivity index (χ1n) is 7.93. The van der Waals surface area contributed by atoms with Gasteiger partial charge in [-0.15, -0.1) is 0 Å². The van der Waals surface area contributed by atoms with Gasteiger partial charge in [-0.2, -0.15) is 0 Å². The van der Waals surface area contributed by atoms with Crippen LogP contribution in [0.5, 0.6) is 0 Å². The topological polar surface area (TPSA) is 18.5 Å². The molecule has 0 saturated heterocycles. The van der Waals surface area contributed by atoms with Crippen LogP contribution in [-0.4, -0.2) is 23.9 Å². The summed E-state index contributed by atoms with van der Waals surface area (Å²) in [5, 5.41) is 0. The van der Waals surface area contributed by atoms with E-state index in [1.54, 1.807) is 0 Å². The van der Waals surface area contributed by atoms with Gasteiger partial charge < -0.3 is 9.47 Å². The van der Waals surface area contributed by atoms with E-state index in [-0.39, 0.29) is 11.2 Å². The minimum atomic E-state index is -0.100. The molecule has 0 bridgehead atoms. The summed E-state index contributed by atoms with van der Waals surface area (Å²) in [4.78, 5) is 0. The standard InChI is InChI=1S/C17H36O2/c1-9-14(3)13-15(4)19-17(7,8)11-12-18-16(5,6)10-2/h14-15H,9-13H2,1-8H3. The molecule has 2 heteroatoms. The normalized spacial score (nSPS) is 16.4. The van der Waals surface area contributed by atoms with Crippen LogP contribution in [0, 0.1) is 5.92 Å². The highest BCUT2D eigenvalue weighted by atomic mass is 16.5. The van der Waals surface area contributed by atoms with E-state index in [2.05, 4.69) is 55.4 Å². The lowest BCUT2D eigenvalue weighted by atomic mass is 10.00. The first kappa shape index (κ1) is 18.9. The van der Waals surface area contributed by atoms with Gasteiger partial charge in [0.1, 0.15) is 0 Å². The molecule has 0 aliphatic carbocycles. The van der Waals surface area contributed by atoms with Gasteiger partial charge in [0, 0.05) is 0 Å². The molecule has 0 aromatic heterocycles. The van der Waals surface area contributed by atoms with Crippen LogP contribution in [0.4, 0.5) is 0 Å². The quantitative estimate of drug-likeness (QED) is 0.544. The molecule has 0 heterocycles. The molecule has 0 aliphatic rings. The van der Waals surface area contributed by atoms with Crippen LogP contribution in [-0.2, 0) is 9.47 Å². The molecule has 2 nitrogen and oxygen atoms in total. The molecule has 2 atom stereocenters. The summed E-state index contributed by atoms with van der Waals surface area (Å²) in [7, 11) is 0. The minimum Gasteiger partial charge on any atom is -0.375 e. The van der Waals surface area contributed by atoms with E-state index in [1.807, 2.05) is 0 Å². The Hall–Kier alpha value is -0.0800. The van der Waals surface area contributed by atoms with E-state index in [0.717, 1.165) is 31.8 Å². The van der Waals surface area contributed by atoms with Crippen LogP contribution < -0.4 is 0 Å². The Bertz CT molecular complexity index is 233. The zero-order valence-corrected chi connectivity index (χ0v) is 14.5. The second kappa shape index (κ2) is 8.26. The fourth-order valence-corrected chi connectivity index (χ4v) is 2.06. The van der Waals surface area contributed by atoms with E-state index in [1.165, 1.54) is 6.42 Å². The summed E-state index contributed by atoms with van der Waals surface area (Å²) in [6.45, 7) is 18.3. The van der Waals surface area contributed by atoms with Gasteiger partial charge in [0.05, 0.1) is 23.9 Å². The minimum absolute atomic E-state index is 0.0155. The van der Waals surface area contributed by atoms with Crippen LogP contribution in [0.3, 0.4) is 0 Å². The Morgan fingerprint density at radius 2 is 1.53 bits per heavy atom. The maximum absolute atomic E-state index is 6.18. The molecule has 116 valence electrons. The van der Waals surface area contributed by atoms with Crippen molar-refractivity contribution in [3.8, 4) is 0 Å². The van der Waals surface area contributed by atoms with Crippen molar-refractivity contribution in [1.29, 1.82) is 0 Å². The smallest absolute Gasteiger partial charge is 0.0652 e. The number of rotatable bonds is 10.